The van der Waals surface area contributed by atoms with Gasteiger partial charge in [-0.3, -0.25) is 9.79 Å². The van der Waals surface area contributed by atoms with E-state index >= 15 is 0 Å². The zero-order chi connectivity index (χ0) is 19.6. The Morgan fingerprint density at radius 2 is 1.89 bits per heavy atom. The molecule has 0 aliphatic rings. The molecule has 0 saturated carbocycles. The highest BCUT2D eigenvalue weighted by Gasteiger charge is 2.07. The Labute approximate surface area is 165 Å². The van der Waals surface area contributed by atoms with Gasteiger partial charge in [0, 0.05) is 38.3 Å². The van der Waals surface area contributed by atoms with Crippen LogP contribution in [0.3, 0.4) is 0 Å². The molecule has 0 saturated heterocycles. The molecule has 0 aliphatic carbocycles. The Bertz CT molecular complexity index is 776. The van der Waals surface area contributed by atoms with Gasteiger partial charge in [0.15, 0.2) is 5.96 Å². The first-order valence-electron chi connectivity index (χ1n) is 8.63. The van der Waals surface area contributed by atoms with Crippen LogP contribution in [0.5, 0.6) is 5.75 Å². The fraction of sp³-hybridized carbons (Fsp3) is 0.300. The minimum absolute atomic E-state index is 0.00770. The SMILES string of the molecule is CN=C(NCCOc1cccc(Cl)c1)NCc1ccc(C(=O)N(C)C)cc1. The molecular formula is C20H25ClN4O2. The lowest BCUT2D eigenvalue weighted by Crippen LogP contribution is -2.38. The van der Waals surface area contributed by atoms with Crippen molar-refractivity contribution in [1.82, 2.24) is 15.5 Å². The van der Waals surface area contributed by atoms with Gasteiger partial charge in [-0.1, -0.05) is 29.8 Å². The van der Waals surface area contributed by atoms with Crippen LogP contribution in [-0.4, -0.2) is 51.1 Å². The van der Waals surface area contributed by atoms with Gasteiger partial charge in [0.25, 0.3) is 5.91 Å². The summed E-state index contributed by atoms with van der Waals surface area (Å²) in [6.45, 7) is 1.69. The van der Waals surface area contributed by atoms with Gasteiger partial charge in [0.05, 0.1) is 6.54 Å². The molecule has 144 valence electrons. The third-order valence-electron chi connectivity index (χ3n) is 3.75. The van der Waals surface area contributed by atoms with Crippen LogP contribution < -0.4 is 15.4 Å². The molecule has 0 aromatic heterocycles. The molecule has 0 fully saturated rings. The average molecular weight is 389 g/mol. The van der Waals surface area contributed by atoms with Crippen LogP contribution in [0.4, 0.5) is 0 Å². The predicted octanol–water partition coefficient (Wildman–Crippen LogP) is 2.79. The molecule has 0 heterocycles. The van der Waals surface area contributed by atoms with Crippen molar-refractivity contribution in [3.63, 3.8) is 0 Å². The largest absolute Gasteiger partial charge is 0.492 e. The minimum Gasteiger partial charge on any atom is -0.492 e. The highest BCUT2D eigenvalue weighted by atomic mass is 35.5. The van der Waals surface area contributed by atoms with E-state index < -0.39 is 0 Å². The molecule has 0 aliphatic heterocycles. The highest BCUT2D eigenvalue weighted by Crippen LogP contribution is 2.16. The number of benzene rings is 2. The van der Waals surface area contributed by atoms with Crippen molar-refractivity contribution in [3.8, 4) is 5.75 Å². The summed E-state index contributed by atoms with van der Waals surface area (Å²) in [6, 6.07) is 14.8. The second-order valence-electron chi connectivity index (χ2n) is 6.05. The number of hydrogen-bond acceptors (Lipinski definition) is 3. The molecule has 2 rings (SSSR count). The van der Waals surface area contributed by atoms with Gasteiger partial charge in [0.1, 0.15) is 12.4 Å². The van der Waals surface area contributed by atoms with Gasteiger partial charge < -0.3 is 20.3 Å². The predicted molar refractivity (Wildman–Crippen MR) is 110 cm³/mol. The number of carbonyl (C=O) groups excluding carboxylic acids is 1. The zero-order valence-electron chi connectivity index (χ0n) is 15.8. The van der Waals surface area contributed by atoms with Gasteiger partial charge in [-0.05, 0) is 35.9 Å². The van der Waals surface area contributed by atoms with Crippen LogP contribution in [0, 0.1) is 0 Å². The van der Waals surface area contributed by atoms with Crippen LogP contribution in [0.15, 0.2) is 53.5 Å². The molecule has 0 radical (unpaired) electrons. The lowest BCUT2D eigenvalue weighted by molar-refractivity contribution is 0.0827. The van der Waals surface area contributed by atoms with Gasteiger partial charge in [-0.2, -0.15) is 0 Å². The van der Waals surface area contributed by atoms with Crippen LogP contribution in [0.2, 0.25) is 5.02 Å². The number of carbonyl (C=O) groups is 1. The van der Waals surface area contributed by atoms with E-state index in [2.05, 4.69) is 15.6 Å². The van der Waals surface area contributed by atoms with Crippen molar-refractivity contribution in [2.75, 3.05) is 34.3 Å². The summed E-state index contributed by atoms with van der Waals surface area (Å²) < 4.78 is 5.63. The monoisotopic (exact) mass is 388 g/mol. The number of aliphatic imine (C=N–C) groups is 1. The molecule has 7 heteroatoms. The molecule has 2 aromatic carbocycles. The Hall–Kier alpha value is -2.73. The number of halogens is 1. The van der Waals surface area contributed by atoms with E-state index in [0.717, 1.165) is 11.3 Å². The Balaban J connectivity index is 1.74. The number of nitrogens with zero attached hydrogens (tertiary/aromatic N) is 2. The smallest absolute Gasteiger partial charge is 0.253 e. The van der Waals surface area contributed by atoms with Crippen LogP contribution in [0.25, 0.3) is 0 Å². The zero-order valence-corrected chi connectivity index (χ0v) is 16.6. The number of nitrogens with one attached hydrogen (secondary N) is 2. The van der Waals surface area contributed by atoms with E-state index in [-0.39, 0.29) is 5.91 Å². The molecule has 0 spiro atoms. The van der Waals surface area contributed by atoms with E-state index in [1.165, 1.54) is 0 Å². The second kappa shape index (κ2) is 10.4. The average Bonchev–Trinajstić information content (AvgIpc) is 2.67. The first kappa shape index (κ1) is 20.6. The molecule has 0 unspecified atom stereocenters. The molecule has 2 N–H and O–H groups in total. The molecule has 2 aromatic rings. The first-order chi connectivity index (χ1) is 13.0. The Kier molecular flexibility index (Phi) is 7.95. The molecule has 6 nitrogen and oxygen atoms in total. The van der Waals surface area contributed by atoms with Crippen LogP contribution >= 0.6 is 11.6 Å². The molecule has 0 bridgehead atoms. The van der Waals surface area contributed by atoms with Crippen LogP contribution in [0.1, 0.15) is 15.9 Å². The van der Waals surface area contributed by atoms with Crippen molar-refractivity contribution in [2.45, 2.75) is 6.54 Å². The Morgan fingerprint density at radius 3 is 2.52 bits per heavy atom. The second-order valence-corrected chi connectivity index (χ2v) is 6.49. The van der Waals surface area contributed by atoms with E-state index in [1.807, 2.05) is 36.4 Å². The fourth-order valence-electron chi connectivity index (χ4n) is 2.32. The summed E-state index contributed by atoms with van der Waals surface area (Å²) in [4.78, 5) is 17.6. The van der Waals surface area contributed by atoms with Gasteiger partial charge in [-0.15, -0.1) is 0 Å². The maximum Gasteiger partial charge on any atom is 0.253 e. The summed E-state index contributed by atoms with van der Waals surface area (Å²) >= 11 is 5.93. The van der Waals surface area contributed by atoms with Crippen molar-refractivity contribution >= 4 is 23.5 Å². The first-order valence-corrected chi connectivity index (χ1v) is 9.01. The number of rotatable bonds is 7. The van der Waals surface area contributed by atoms with Gasteiger partial charge in [0.2, 0.25) is 0 Å². The maximum absolute atomic E-state index is 11.9. The fourth-order valence-corrected chi connectivity index (χ4v) is 2.51. The summed E-state index contributed by atoms with van der Waals surface area (Å²) in [5.41, 5.74) is 1.73. The van der Waals surface area contributed by atoms with Crippen molar-refractivity contribution in [1.29, 1.82) is 0 Å². The highest BCUT2D eigenvalue weighted by molar-refractivity contribution is 6.30. The maximum atomic E-state index is 11.9. The van der Waals surface area contributed by atoms with E-state index in [4.69, 9.17) is 16.3 Å². The Morgan fingerprint density at radius 1 is 1.15 bits per heavy atom. The molecule has 1 amide bonds. The quantitative estimate of drug-likeness (QED) is 0.435. The number of amides is 1. The molecule has 0 atom stereocenters. The molecule has 27 heavy (non-hydrogen) atoms. The number of ether oxygens (including phenoxy) is 1. The minimum atomic E-state index is -0.00770. The molecular weight excluding hydrogens is 364 g/mol. The normalized spacial score (nSPS) is 11.0. The van der Waals surface area contributed by atoms with Crippen molar-refractivity contribution in [3.05, 3.63) is 64.7 Å². The van der Waals surface area contributed by atoms with Gasteiger partial charge >= 0.3 is 0 Å². The van der Waals surface area contributed by atoms with E-state index in [0.29, 0.717) is 36.2 Å². The third-order valence-corrected chi connectivity index (χ3v) is 3.99. The lowest BCUT2D eigenvalue weighted by atomic mass is 10.1. The van der Waals surface area contributed by atoms with E-state index in [9.17, 15) is 4.79 Å². The summed E-state index contributed by atoms with van der Waals surface area (Å²) in [7, 11) is 5.19. The topological polar surface area (TPSA) is 66.0 Å². The van der Waals surface area contributed by atoms with E-state index in [1.54, 1.807) is 38.2 Å². The standard InChI is InChI=1S/C20H25ClN4O2/c1-22-20(23-11-12-27-18-6-4-5-17(21)13-18)24-14-15-7-9-16(10-8-15)19(26)25(2)3/h4-10,13H,11-12,14H2,1-3H3,(H2,22,23,24). The summed E-state index contributed by atoms with van der Waals surface area (Å²) in [5.74, 6) is 1.41. The van der Waals surface area contributed by atoms with Gasteiger partial charge in [-0.25, -0.2) is 0 Å². The van der Waals surface area contributed by atoms with Crippen molar-refractivity contribution in [2.24, 2.45) is 4.99 Å². The van der Waals surface area contributed by atoms with Crippen LogP contribution in [-0.2, 0) is 6.54 Å². The third kappa shape index (κ3) is 6.83. The lowest BCUT2D eigenvalue weighted by Gasteiger charge is -2.13. The number of hydrogen-bond donors (Lipinski definition) is 2. The van der Waals surface area contributed by atoms with Crippen molar-refractivity contribution < 1.29 is 9.53 Å². The summed E-state index contributed by atoms with van der Waals surface area (Å²) in [5, 5.41) is 7.07. The summed E-state index contributed by atoms with van der Waals surface area (Å²) in [6.07, 6.45) is 0. The number of guanidine groups is 1.